The average molecular weight is 308 g/mol. The quantitative estimate of drug-likeness (QED) is 0.731. The third-order valence-electron chi connectivity index (χ3n) is 4.03. The molecule has 1 N–H and O–H groups in total. The lowest BCUT2D eigenvalue weighted by Crippen LogP contribution is -2.64. The zero-order valence-electron chi connectivity index (χ0n) is 13.7. The molecule has 1 unspecified atom stereocenters. The molecule has 0 aliphatic carbocycles. The van der Waals surface area contributed by atoms with Crippen molar-refractivity contribution in [1.29, 1.82) is 0 Å². The Bertz CT molecular complexity index is 230. The van der Waals surface area contributed by atoms with Crippen molar-refractivity contribution in [3.05, 3.63) is 0 Å². The second-order valence-electron chi connectivity index (χ2n) is 5.03. The molecule has 0 aromatic heterocycles. The SMILES string of the molecule is CCCC1(OC)CCCC[Si]1(OC)OC.COCCO. The molecular weight excluding hydrogens is 276 g/mol. The summed E-state index contributed by atoms with van der Waals surface area (Å²) in [5, 5.41) is 7.82. The minimum absolute atomic E-state index is 0.122. The predicted octanol–water partition coefficient (Wildman–Crippen LogP) is 2.25. The third kappa shape index (κ3) is 4.79. The van der Waals surface area contributed by atoms with Crippen molar-refractivity contribution in [2.75, 3.05) is 41.7 Å². The van der Waals surface area contributed by atoms with Crippen LogP contribution in [0.1, 0.15) is 39.0 Å². The van der Waals surface area contributed by atoms with Gasteiger partial charge in [-0.25, -0.2) is 0 Å². The smallest absolute Gasteiger partial charge is 0.370 e. The van der Waals surface area contributed by atoms with Crippen LogP contribution >= 0.6 is 0 Å². The fraction of sp³-hybridized carbons (Fsp3) is 1.00. The summed E-state index contributed by atoms with van der Waals surface area (Å²) in [5.74, 6) is 0. The van der Waals surface area contributed by atoms with E-state index in [4.69, 9.17) is 18.7 Å². The molecule has 6 heteroatoms. The maximum atomic E-state index is 7.94. The molecule has 20 heavy (non-hydrogen) atoms. The van der Waals surface area contributed by atoms with Gasteiger partial charge in [-0.2, -0.15) is 0 Å². The summed E-state index contributed by atoms with van der Waals surface area (Å²) in [7, 11) is 4.77. The Morgan fingerprint density at radius 3 is 2.10 bits per heavy atom. The highest BCUT2D eigenvalue weighted by Crippen LogP contribution is 2.42. The molecule has 0 amide bonds. The summed E-state index contributed by atoms with van der Waals surface area (Å²) in [6, 6.07) is 1.06. The summed E-state index contributed by atoms with van der Waals surface area (Å²) in [6.45, 7) is 2.76. The van der Waals surface area contributed by atoms with E-state index < -0.39 is 8.56 Å². The molecule has 5 nitrogen and oxygen atoms in total. The molecule has 1 rings (SSSR count). The number of methoxy groups -OCH3 is 2. The molecule has 1 fully saturated rings. The number of hydrogen-bond donors (Lipinski definition) is 1. The fourth-order valence-electron chi connectivity index (χ4n) is 3.02. The van der Waals surface area contributed by atoms with Gasteiger partial charge in [-0.15, -0.1) is 0 Å². The van der Waals surface area contributed by atoms with E-state index in [1.54, 1.807) is 28.4 Å². The lowest BCUT2D eigenvalue weighted by molar-refractivity contribution is -0.0149. The molecule has 0 aromatic rings. The van der Waals surface area contributed by atoms with Crippen LogP contribution in [0.25, 0.3) is 0 Å². The molecule has 0 aromatic carbocycles. The van der Waals surface area contributed by atoms with E-state index in [2.05, 4.69) is 11.7 Å². The molecule has 1 aliphatic rings. The van der Waals surface area contributed by atoms with E-state index in [9.17, 15) is 0 Å². The molecular formula is C14H32O5Si. The van der Waals surface area contributed by atoms with Crippen molar-refractivity contribution in [3.8, 4) is 0 Å². The van der Waals surface area contributed by atoms with E-state index in [1.165, 1.54) is 12.8 Å². The highest BCUT2D eigenvalue weighted by Gasteiger charge is 2.58. The van der Waals surface area contributed by atoms with Crippen molar-refractivity contribution < 1.29 is 23.4 Å². The largest absolute Gasteiger partial charge is 0.396 e. The molecule has 1 saturated heterocycles. The van der Waals surface area contributed by atoms with Gasteiger partial charge in [0.15, 0.2) is 0 Å². The first kappa shape index (κ1) is 20.0. The van der Waals surface area contributed by atoms with Crippen molar-refractivity contribution in [1.82, 2.24) is 0 Å². The van der Waals surface area contributed by atoms with Crippen LogP contribution in [0.3, 0.4) is 0 Å². The number of aliphatic hydroxyl groups is 1. The monoisotopic (exact) mass is 308 g/mol. The summed E-state index contributed by atoms with van der Waals surface area (Å²) in [4.78, 5) is 0. The van der Waals surface area contributed by atoms with Crippen LogP contribution in [-0.4, -0.2) is 60.5 Å². The first-order valence-corrected chi connectivity index (χ1v) is 9.39. The van der Waals surface area contributed by atoms with Crippen LogP contribution in [0.5, 0.6) is 0 Å². The molecule has 0 radical (unpaired) electrons. The Balaban J connectivity index is 0.000000621. The van der Waals surface area contributed by atoms with Crippen LogP contribution in [-0.2, 0) is 18.3 Å². The van der Waals surface area contributed by atoms with Gasteiger partial charge >= 0.3 is 8.56 Å². The van der Waals surface area contributed by atoms with Crippen molar-refractivity contribution in [3.63, 3.8) is 0 Å². The Kier molecular flexibility index (Phi) is 10.7. The van der Waals surface area contributed by atoms with E-state index >= 15 is 0 Å². The highest BCUT2D eigenvalue weighted by molar-refractivity contribution is 6.70. The summed E-state index contributed by atoms with van der Waals surface area (Å²) in [5.41, 5.74) is 0. The standard InChI is InChI=1S/C11H24O3Si.C3H8O2/c1-5-8-11(12-2)9-6-7-10-15(11,13-3)14-4;1-5-3-2-4/h5-10H2,1-4H3;4H,2-3H2,1H3. The molecule has 1 atom stereocenters. The highest BCUT2D eigenvalue weighted by atomic mass is 28.4. The lowest BCUT2D eigenvalue weighted by Gasteiger charge is -2.47. The summed E-state index contributed by atoms with van der Waals surface area (Å²) in [6.07, 6.45) is 5.70. The Morgan fingerprint density at radius 1 is 1.10 bits per heavy atom. The van der Waals surface area contributed by atoms with Crippen LogP contribution in [0.15, 0.2) is 0 Å². The molecule has 1 aliphatic heterocycles. The maximum Gasteiger partial charge on any atom is 0.370 e. The normalized spacial score (nSPS) is 24.9. The number of aliphatic hydroxyl groups excluding tert-OH is 1. The molecule has 0 spiro atoms. The van der Waals surface area contributed by atoms with E-state index in [0.29, 0.717) is 6.61 Å². The Labute approximate surface area is 124 Å². The van der Waals surface area contributed by atoms with E-state index in [-0.39, 0.29) is 11.8 Å². The van der Waals surface area contributed by atoms with Gasteiger partial charge in [0.1, 0.15) is 5.22 Å². The first-order valence-electron chi connectivity index (χ1n) is 7.37. The topological polar surface area (TPSA) is 57.2 Å². The van der Waals surface area contributed by atoms with Crippen LogP contribution in [0.4, 0.5) is 0 Å². The minimum Gasteiger partial charge on any atom is -0.396 e. The zero-order chi connectivity index (χ0) is 15.5. The fourth-order valence-corrected chi connectivity index (χ4v) is 7.01. The van der Waals surface area contributed by atoms with Crippen molar-refractivity contribution in [2.45, 2.75) is 50.3 Å². The zero-order valence-corrected chi connectivity index (χ0v) is 14.7. The van der Waals surface area contributed by atoms with Gasteiger partial charge < -0.3 is 23.4 Å². The third-order valence-corrected chi connectivity index (χ3v) is 8.45. The maximum absolute atomic E-state index is 7.94. The second-order valence-corrected chi connectivity index (χ2v) is 8.77. The van der Waals surface area contributed by atoms with Crippen molar-refractivity contribution >= 4 is 8.56 Å². The van der Waals surface area contributed by atoms with Crippen LogP contribution < -0.4 is 0 Å². The van der Waals surface area contributed by atoms with Gasteiger partial charge in [0.25, 0.3) is 0 Å². The van der Waals surface area contributed by atoms with Gasteiger partial charge in [0.2, 0.25) is 0 Å². The number of ether oxygens (including phenoxy) is 2. The van der Waals surface area contributed by atoms with E-state index in [0.717, 1.165) is 25.3 Å². The molecule has 0 bridgehead atoms. The van der Waals surface area contributed by atoms with Gasteiger partial charge in [-0.05, 0) is 18.9 Å². The second kappa shape index (κ2) is 10.7. The Morgan fingerprint density at radius 2 is 1.75 bits per heavy atom. The minimum atomic E-state index is -2.15. The van der Waals surface area contributed by atoms with Gasteiger partial charge in [0, 0.05) is 28.4 Å². The first-order chi connectivity index (χ1) is 9.61. The lowest BCUT2D eigenvalue weighted by atomic mass is 10.1. The van der Waals surface area contributed by atoms with Gasteiger partial charge in [-0.3, -0.25) is 0 Å². The molecule has 1 heterocycles. The number of hydrogen-bond acceptors (Lipinski definition) is 5. The average Bonchev–Trinajstić information content (AvgIpc) is 2.49. The van der Waals surface area contributed by atoms with E-state index in [1.807, 2.05) is 0 Å². The van der Waals surface area contributed by atoms with Crippen LogP contribution in [0, 0.1) is 0 Å². The Hall–Kier alpha value is 0.0169. The van der Waals surface area contributed by atoms with Gasteiger partial charge in [-0.1, -0.05) is 26.2 Å². The molecule has 122 valence electrons. The van der Waals surface area contributed by atoms with Crippen molar-refractivity contribution in [2.24, 2.45) is 0 Å². The summed E-state index contributed by atoms with van der Waals surface area (Å²) >= 11 is 0. The van der Waals surface area contributed by atoms with Gasteiger partial charge in [0.05, 0.1) is 13.2 Å². The van der Waals surface area contributed by atoms with Crippen LogP contribution in [0.2, 0.25) is 6.04 Å². The molecule has 0 saturated carbocycles. The number of rotatable bonds is 7. The predicted molar refractivity (Wildman–Crippen MR) is 82.0 cm³/mol. The summed E-state index contributed by atoms with van der Waals surface area (Å²) < 4.78 is 21.8.